The maximum Gasteiger partial charge on any atom is 0.279 e. The van der Waals surface area contributed by atoms with E-state index >= 15 is 0 Å². The Kier molecular flexibility index (Phi) is 6.24. The van der Waals surface area contributed by atoms with Crippen LogP contribution in [0.4, 0.5) is 0 Å². The quantitative estimate of drug-likeness (QED) is 0.745. The van der Waals surface area contributed by atoms with Gasteiger partial charge >= 0.3 is 0 Å². The molecule has 0 fully saturated rings. The highest BCUT2D eigenvalue weighted by Gasteiger charge is 2.19. The Bertz CT molecular complexity index is 431. The maximum atomic E-state index is 11.9. The lowest BCUT2D eigenvalue weighted by Gasteiger charge is -2.20. The van der Waals surface area contributed by atoms with Crippen molar-refractivity contribution in [1.82, 2.24) is 9.03 Å². The largest absolute Gasteiger partial charge is 0.396 e. The van der Waals surface area contributed by atoms with Crippen LogP contribution in [-0.4, -0.2) is 44.1 Å². The molecule has 2 N–H and O–H groups in total. The van der Waals surface area contributed by atoms with Gasteiger partial charge < -0.3 is 5.11 Å². The van der Waals surface area contributed by atoms with Gasteiger partial charge in [0.2, 0.25) is 0 Å². The second-order valence-corrected chi connectivity index (χ2v) is 6.85. The second kappa shape index (κ2) is 7.20. The molecule has 0 saturated heterocycles. The summed E-state index contributed by atoms with van der Waals surface area (Å²) in [4.78, 5) is 0. The van der Waals surface area contributed by atoms with Crippen LogP contribution in [0, 0.1) is 0 Å². The van der Waals surface area contributed by atoms with Gasteiger partial charge in [0.25, 0.3) is 10.2 Å². The molecule has 0 saturated carbocycles. The average Bonchev–Trinajstić information content (AvgIpc) is 2.77. The standard InChI is InChI=1S/C11H20N2O3S2/c1-10(8-11-4-7-17-9-11)12-18(15,16)13(2)5-3-6-14/h4,7,9-10,12,14H,3,5-6,8H2,1-2H3. The number of aliphatic hydroxyl groups is 1. The molecule has 7 heteroatoms. The summed E-state index contributed by atoms with van der Waals surface area (Å²) in [5, 5.41) is 12.7. The van der Waals surface area contributed by atoms with Crippen molar-refractivity contribution in [2.45, 2.75) is 25.8 Å². The summed E-state index contributed by atoms with van der Waals surface area (Å²) >= 11 is 1.60. The first-order valence-corrected chi connectivity index (χ1v) is 8.19. The number of aliphatic hydroxyl groups excluding tert-OH is 1. The zero-order chi connectivity index (χ0) is 13.6. The molecule has 1 aromatic rings. The van der Waals surface area contributed by atoms with E-state index in [1.807, 2.05) is 23.8 Å². The Morgan fingerprint density at radius 3 is 2.83 bits per heavy atom. The SMILES string of the molecule is CC(Cc1ccsc1)NS(=O)(=O)N(C)CCCO. The van der Waals surface area contributed by atoms with Crippen LogP contribution in [0.15, 0.2) is 16.8 Å². The first-order chi connectivity index (χ1) is 8.45. The number of rotatable bonds is 8. The van der Waals surface area contributed by atoms with Gasteiger partial charge in [-0.05, 0) is 42.2 Å². The molecular weight excluding hydrogens is 272 g/mol. The zero-order valence-corrected chi connectivity index (χ0v) is 12.3. The van der Waals surface area contributed by atoms with E-state index < -0.39 is 10.2 Å². The molecule has 0 spiro atoms. The summed E-state index contributed by atoms with van der Waals surface area (Å²) in [6.45, 7) is 2.15. The monoisotopic (exact) mass is 292 g/mol. The summed E-state index contributed by atoms with van der Waals surface area (Å²) < 4.78 is 27.7. The molecule has 0 amide bonds. The fourth-order valence-corrected chi connectivity index (χ4v) is 3.38. The average molecular weight is 292 g/mol. The van der Waals surface area contributed by atoms with E-state index in [4.69, 9.17) is 5.11 Å². The molecule has 1 atom stereocenters. The van der Waals surface area contributed by atoms with Crippen LogP contribution in [0.5, 0.6) is 0 Å². The normalized spacial score (nSPS) is 14.0. The number of hydrogen-bond acceptors (Lipinski definition) is 4. The second-order valence-electron chi connectivity index (χ2n) is 4.26. The first-order valence-electron chi connectivity index (χ1n) is 5.81. The van der Waals surface area contributed by atoms with Gasteiger partial charge in [-0.3, -0.25) is 0 Å². The predicted molar refractivity (Wildman–Crippen MR) is 73.9 cm³/mol. The van der Waals surface area contributed by atoms with E-state index in [1.165, 1.54) is 11.4 Å². The Balaban J connectivity index is 2.49. The number of nitrogens with one attached hydrogen (secondary N) is 1. The van der Waals surface area contributed by atoms with Crippen molar-refractivity contribution in [3.05, 3.63) is 22.4 Å². The Morgan fingerprint density at radius 2 is 2.28 bits per heavy atom. The molecule has 1 heterocycles. The minimum absolute atomic E-state index is 0.00961. The highest BCUT2D eigenvalue weighted by Crippen LogP contribution is 2.09. The molecule has 18 heavy (non-hydrogen) atoms. The molecule has 0 radical (unpaired) electrons. The molecule has 0 aliphatic carbocycles. The third-order valence-electron chi connectivity index (χ3n) is 2.51. The van der Waals surface area contributed by atoms with Crippen LogP contribution in [0.2, 0.25) is 0 Å². The summed E-state index contributed by atoms with van der Waals surface area (Å²) in [6.07, 6.45) is 1.12. The number of thiophene rings is 1. The lowest BCUT2D eigenvalue weighted by Crippen LogP contribution is -2.43. The predicted octanol–water partition coefficient (Wildman–Crippen LogP) is 0.828. The Morgan fingerprint density at radius 1 is 1.56 bits per heavy atom. The molecule has 1 rings (SSSR count). The van der Waals surface area contributed by atoms with Crippen LogP contribution in [0.1, 0.15) is 18.9 Å². The maximum absolute atomic E-state index is 11.9. The molecule has 0 aliphatic heterocycles. The van der Waals surface area contributed by atoms with E-state index in [0.717, 1.165) is 5.56 Å². The van der Waals surface area contributed by atoms with E-state index in [0.29, 0.717) is 19.4 Å². The minimum Gasteiger partial charge on any atom is -0.396 e. The van der Waals surface area contributed by atoms with Crippen LogP contribution in [0.25, 0.3) is 0 Å². The molecule has 0 bridgehead atoms. The van der Waals surface area contributed by atoms with Crippen LogP contribution < -0.4 is 4.72 Å². The summed E-state index contributed by atoms with van der Waals surface area (Å²) in [7, 11) is -1.95. The molecule has 5 nitrogen and oxygen atoms in total. The van der Waals surface area contributed by atoms with Gasteiger partial charge in [-0.25, -0.2) is 0 Å². The number of hydrogen-bond donors (Lipinski definition) is 2. The summed E-state index contributed by atoms with van der Waals surface area (Å²) in [6, 6.07) is 1.84. The minimum atomic E-state index is -3.46. The van der Waals surface area contributed by atoms with Crippen molar-refractivity contribution in [1.29, 1.82) is 0 Å². The van der Waals surface area contributed by atoms with Gasteiger partial charge in [-0.15, -0.1) is 0 Å². The molecule has 0 aromatic carbocycles. The molecule has 0 aliphatic rings. The van der Waals surface area contributed by atoms with Crippen LogP contribution in [0.3, 0.4) is 0 Å². The zero-order valence-electron chi connectivity index (χ0n) is 10.7. The van der Waals surface area contributed by atoms with Crippen LogP contribution >= 0.6 is 11.3 Å². The van der Waals surface area contributed by atoms with E-state index in [2.05, 4.69) is 4.72 Å². The van der Waals surface area contributed by atoms with Gasteiger partial charge in [0, 0.05) is 26.2 Å². The van der Waals surface area contributed by atoms with E-state index in [9.17, 15) is 8.42 Å². The van der Waals surface area contributed by atoms with Crippen molar-refractivity contribution in [3.63, 3.8) is 0 Å². The third-order valence-corrected chi connectivity index (χ3v) is 4.95. The van der Waals surface area contributed by atoms with Gasteiger partial charge in [-0.1, -0.05) is 0 Å². The summed E-state index contributed by atoms with van der Waals surface area (Å²) in [5.74, 6) is 0. The highest BCUT2D eigenvalue weighted by molar-refractivity contribution is 7.87. The summed E-state index contributed by atoms with van der Waals surface area (Å²) in [5.41, 5.74) is 1.13. The fraction of sp³-hybridized carbons (Fsp3) is 0.636. The van der Waals surface area contributed by atoms with Crippen molar-refractivity contribution < 1.29 is 13.5 Å². The van der Waals surface area contributed by atoms with Crippen molar-refractivity contribution in [2.75, 3.05) is 20.2 Å². The topological polar surface area (TPSA) is 69.6 Å². The Hall–Kier alpha value is -0.470. The van der Waals surface area contributed by atoms with Crippen molar-refractivity contribution >= 4 is 21.5 Å². The van der Waals surface area contributed by atoms with Gasteiger partial charge in [0.15, 0.2) is 0 Å². The lowest BCUT2D eigenvalue weighted by molar-refractivity contribution is 0.275. The molecular formula is C11H20N2O3S2. The van der Waals surface area contributed by atoms with Gasteiger partial charge in [0.05, 0.1) is 0 Å². The van der Waals surface area contributed by atoms with Gasteiger partial charge in [0.1, 0.15) is 0 Å². The molecule has 1 unspecified atom stereocenters. The lowest BCUT2D eigenvalue weighted by atomic mass is 10.1. The van der Waals surface area contributed by atoms with Crippen LogP contribution in [-0.2, 0) is 16.6 Å². The smallest absolute Gasteiger partial charge is 0.279 e. The fourth-order valence-electron chi connectivity index (χ4n) is 1.56. The van der Waals surface area contributed by atoms with Gasteiger partial charge in [-0.2, -0.15) is 28.8 Å². The Labute approximate surface area is 113 Å². The molecule has 1 aromatic heterocycles. The van der Waals surface area contributed by atoms with E-state index in [-0.39, 0.29) is 12.6 Å². The third kappa shape index (κ3) is 5.03. The highest BCUT2D eigenvalue weighted by atomic mass is 32.2. The first kappa shape index (κ1) is 15.6. The van der Waals surface area contributed by atoms with E-state index in [1.54, 1.807) is 11.3 Å². The number of nitrogens with zero attached hydrogens (tertiary/aromatic N) is 1. The molecule has 104 valence electrons. The van der Waals surface area contributed by atoms with Crippen molar-refractivity contribution in [3.8, 4) is 0 Å². The van der Waals surface area contributed by atoms with Crippen molar-refractivity contribution in [2.24, 2.45) is 0 Å².